The Kier molecular flexibility index (Phi) is 9.19. The second-order valence-electron chi connectivity index (χ2n) is 9.96. The van der Waals surface area contributed by atoms with Crippen molar-refractivity contribution in [2.24, 2.45) is 0 Å². The molecule has 1 heterocycles. The summed E-state index contributed by atoms with van der Waals surface area (Å²) >= 11 is 0. The fourth-order valence-electron chi connectivity index (χ4n) is 4.59. The van der Waals surface area contributed by atoms with E-state index < -0.39 is 49.6 Å². The van der Waals surface area contributed by atoms with Crippen molar-refractivity contribution in [3.63, 3.8) is 0 Å². The first kappa shape index (κ1) is 30.4. The summed E-state index contributed by atoms with van der Waals surface area (Å²) < 4.78 is 91.6. The van der Waals surface area contributed by atoms with E-state index in [1.54, 1.807) is 32.3 Å². The number of rotatable bonds is 8. The first-order valence-electron chi connectivity index (χ1n) is 12.1. The molecule has 2 aromatic rings. The van der Waals surface area contributed by atoms with Crippen molar-refractivity contribution in [1.29, 1.82) is 0 Å². The van der Waals surface area contributed by atoms with Crippen molar-refractivity contribution < 1.29 is 30.9 Å². The third-order valence-electron chi connectivity index (χ3n) is 6.67. The molecule has 3 rings (SSSR count). The van der Waals surface area contributed by atoms with E-state index >= 15 is 0 Å². The van der Waals surface area contributed by atoms with Crippen LogP contribution in [-0.2, 0) is 16.9 Å². The monoisotopic (exact) mass is 558 g/mol. The zero-order valence-corrected chi connectivity index (χ0v) is 23.0. The highest BCUT2D eigenvalue weighted by molar-refractivity contribution is 7.47. The van der Waals surface area contributed by atoms with Crippen molar-refractivity contribution in [3.8, 4) is 0 Å². The van der Waals surface area contributed by atoms with Gasteiger partial charge in [-0.25, -0.2) is 9.34 Å². The van der Waals surface area contributed by atoms with Crippen molar-refractivity contribution in [2.75, 3.05) is 14.1 Å². The number of halogens is 6. The predicted octanol–water partition coefficient (Wildman–Crippen LogP) is 9.32. The van der Waals surface area contributed by atoms with Crippen molar-refractivity contribution >= 4 is 8.45 Å². The van der Waals surface area contributed by atoms with Crippen LogP contribution in [0, 0.1) is 0 Å². The van der Waals surface area contributed by atoms with Gasteiger partial charge in [0.1, 0.15) is 0 Å². The highest BCUT2D eigenvalue weighted by Gasteiger charge is 2.49. The largest absolute Gasteiger partial charge is 0.416 e. The molecular weight excluding hydrogens is 525 g/mol. The lowest BCUT2D eigenvalue weighted by Gasteiger charge is -2.35. The molecule has 1 unspecified atom stereocenters. The average Bonchev–Trinajstić information content (AvgIpc) is 3.07. The van der Waals surface area contributed by atoms with Crippen LogP contribution in [0.4, 0.5) is 26.3 Å². The first-order valence-corrected chi connectivity index (χ1v) is 13.3. The maximum absolute atomic E-state index is 13.6. The van der Waals surface area contributed by atoms with Crippen LogP contribution >= 0.6 is 8.45 Å². The molecular formula is C28H33F6N2OP. The molecule has 0 radical (unpaired) electrons. The van der Waals surface area contributed by atoms with Crippen LogP contribution in [0.2, 0.25) is 0 Å². The van der Waals surface area contributed by atoms with Gasteiger partial charge in [-0.1, -0.05) is 42.0 Å². The molecule has 10 heteroatoms. The van der Waals surface area contributed by atoms with E-state index in [2.05, 4.69) is 12.7 Å². The Balaban J connectivity index is 2.09. The van der Waals surface area contributed by atoms with Gasteiger partial charge >= 0.3 is 12.4 Å². The highest BCUT2D eigenvalue weighted by Crippen LogP contribution is 2.64. The quantitative estimate of drug-likeness (QED) is 0.182. The Morgan fingerprint density at radius 2 is 1.34 bits per heavy atom. The Morgan fingerprint density at radius 3 is 1.71 bits per heavy atom. The van der Waals surface area contributed by atoms with Gasteiger partial charge in [-0.05, 0) is 83.1 Å². The molecule has 0 spiro atoms. The number of hydrogen-bond acceptors (Lipinski definition) is 3. The molecule has 0 aromatic heterocycles. The van der Waals surface area contributed by atoms with Gasteiger partial charge in [-0.2, -0.15) is 26.3 Å². The Bertz CT molecular complexity index is 1090. The summed E-state index contributed by atoms with van der Waals surface area (Å²) in [5, 5.41) is 0. The lowest BCUT2D eigenvalue weighted by Crippen LogP contribution is -2.27. The maximum atomic E-state index is 13.6. The van der Waals surface area contributed by atoms with E-state index in [0.29, 0.717) is 17.5 Å². The molecule has 1 saturated heterocycles. The summed E-state index contributed by atoms with van der Waals surface area (Å²) in [6, 6.07) is 8.51. The van der Waals surface area contributed by atoms with Gasteiger partial charge in [0.05, 0.1) is 28.8 Å². The molecule has 38 heavy (non-hydrogen) atoms. The fourth-order valence-corrected chi connectivity index (χ4v) is 6.77. The second-order valence-corrected chi connectivity index (χ2v) is 11.9. The average molecular weight is 559 g/mol. The molecule has 1 aliphatic rings. The van der Waals surface area contributed by atoms with E-state index in [9.17, 15) is 26.3 Å². The van der Waals surface area contributed by atoms with E-state index in [1.807, 2.05) is 30.1 Å². The summed E-state index contributed by atoms with van der Waals surface area (Å²) in [6.07, 6.45) is -3.99. The molecule has 1 fully saturated rings. The number of likely N-dealkylation sites (N-methyl/N-ethyl adjacent to an activating group) is 2. The number of hydrogen-bond donors (Lipinski definition) is 0. The molecule has 0 N–H and O–H groups in total. The minimum absolute atomic E-state index is 0.343. The Morgan fingerprint density at radius 1 is 0.895 bits per heavy atom. The van der Waals surface area contributed by atoms with Crippen LogP contribution < -0.4 is 0 Å². The maximum Gasteiger partial charge on any atom is 0.416 e. The summed E-state index contributed by atoms with van der Waals surface area (Å²) in [7, 11) is 1.89. The number of alkyl halides is 6. The molecule has 2 aromatic carbocycles. The minimum Gasteiger partial charge on any atom is -0.321 e. The zero-order valence-electron chi connectivity index (χ0n) is 22.1. The molecule has 3 atom stereocenters. The van der Waals surface area contributed by atoms with Crippen LogP contribution in [0.25, 0.3) is 0 Å². The van der Waals surface area contributed by atoms with Gasteiger partial charge in [-0.3, -0.25) is 0 Å². The third kappa shape index (κ3) is 6.87. The van der Waals surface area contributed by atoms with Crippen LogP contribution in [0.15, 0.2) is 72.8 Å². The standard InChI is InChI=1S/C28H33F6N2OP/c1-7-26(4,16-10-11-19(2)3)37-38-35(5)24(20-12-8-14-22(17-20)27(29,30)31)25(36(38)6)21-13-9-15-23(18-21)28(32,33)34/h7-9,11-15,17-18,24-25H,1,10,16H2,2-6H3/t24-,25-,26?/m0/s1. The summed E-state index contributed by atoms with van der Waals surface area (Å²) in [5.41, 5.74) is -0.551. The molecule has 1 aliphatic heterocycles. The SMILES string of the molecule is C=CC(C)(CCC=C(C)C)OP1N(C)[C@@H](c2cccc(C(F)(F)F)c2)[C@H](c2cccc(C(F)(F)F)c2)N1C. The van der Waals surface area contributed by atoms with E-state index in [4.69, 9.17) is 4.52 Å². The van der Waals surface area contributed by atoms with Crippen LogP contribution in [0.1, 0.15) is 68.0 Å². The number of nitrogens with zero attached hydrogens (tertiary/aromatic N) is 2. The Hall–Kier alpha value is -2.19. The molecule has 0 amide bonds. The smallest absolute Gasteiger partial charge is 0.321 e. The third-order valence-corrected chi connectivity index (χ3v) is 8.83. The van der Waals surface area contributed by atoms with Gasteiger partial charge in [-0.15, -0.1) is 6.58 Å². The van der Waals surface area contributed by atoms with Crippen molar-refractivity contribution in [2.45, 2.75) is 63.7 Å². The first-order chi connectivity index (χ1) is 17.6. The number of allylic oxidation sites excluding steroid dienone is 2. The van der Waals surface area contributed by atoms with Crippen molar-refractivity contribution in [1.82, 2.24) is 9.34 Å². The van der Waals surface area contributed by atoms with Gasteiger partial charge in [0.15, 0.2) is 8.45 Å². The van der Waals surface area contributed by atoms with Crippen LogP contribution in [-0.4, -0.2) is 29.0 Å². The van der Waals surface area contributed by atoms with E-state index in [1.165, 1.54) is 12.1 Å². The van der Waals surface area contributed by atoms with Crippen LogP contribution in [0.3, 0.4) is 0 Å². The second kappa shape index (κ2) is 11.5. The van der Waals surface area contributed by atoms with Gasteiger partial charge in [0.2, 0.25) is 0 Å². The van der Waals surface area contributed by atoms with Gasteiger partial charge < -0.3 is 4.52 Å². The summed E-state index contributed by atoms with van der Waals surface area (Å²) in [4.78, 5) is 0. The zero-order chi connectivity index (χ0) is 28.5. The van der Waals surface area contributed by atoms with Crippen molar-refractivity contribution in [3.05, 3.63) is 95.1 Å². The number of benzene rings is 2. The molecule has 3 nitrogen and oxygen atoms in total. The minimum atomic E-state index is -4.56. The normalized spacial score (nSPS) is 21.3. The molecule has 0 bridgehead atoms. The lowest BCUT2D eigenvalue weighted by atomic mass is 9.91. The summed E-state index contributed by atoms with van der Waals surface area (Å²) in [5.74, 6) is 0. The predicted molar refractivity (Wildman–Crippen MR) is 139 cm³/mol. The van der Waals surface area contributed by atoms with Gasteiger partial charge in [0, 0.05) is 0 Å². The lowest BCUT2D eigenvalue weighted by molar-refractivity contribution is -0.138. The molecule has 0 saturated carbocycles. The fraction of sp³-hybridized carbons (Fsp3) is 0.429. The summed E-state index contributed by atoms with van der Waals surface area (Å²) in [6.45, 7) is 9.81. The van der Waals surface area contributed by atoms with Crippen LogP contribution in [0.5, 0.6) is 0 Å². The van der Waals surface area contributed by atoms with E-state index in [-0.39, 0.29) is 0 Å². The molecule has 0 aliphatic carbocycles. The van der Waals surface area contributed by atoms with Gasteiger partial charge in [0.25, 0.3) is 0 Å². The topological polar surface area (TPSA) is 15.7 Å². The van der Waals surface area contributed by atoms with E-state index in [0.717, 1.165) is 36.3 Å². The Labute approximate surface area is 221 Å². The highest BCUT2D eigenvalue weighted by atomic mass is 31.2. The molecule has 208 valence electrons.